The van der Waals surface area contributed by atoms with Crippen molar-refractivity contribution < 1.29 is 9.21 Å². The standard InChI is InChI=1S/C20H16N2O3/c23-19(21-12-14-6-5-11-25-14)13-22-18-10-4-3-8-16(18)15-7-1-2-9-17(15)20(22)24/h1-11H,12-13H2,(H,21,23). The van der Waals surface area contributed by atoms with Crippen LogP contribution >= 0.6 is 0 Å². The molecule has 25 heavy (non-hydrogen) atoms. The van der Waals surface area contributed by atoms with Gasteiger partial charge < -0.3 is 9.73 Å². The molecule has 2 aromatic heterocycles. The molecule has 0 radical (unpaired) electrons. The number of hydrogen-bond donors (Lipinski definition) is 1. The van der Waals surface area contributed by atoms with Crippen LogP contribution < -0.4 is 10.9 Å². The number of nitrogens with zero attached hydrogens (tertiary/aromatic N) is 1. The summed E-state index contributed by atoms with van der Waals surface area (Å²) in [6, 6.07) is 18.7. The quantitative estimate of drug-likeness (QED) is 0.584. The van der Waals surface area contributed by atoms with E-state index in [2.05, 4.69) is 5.32 Å². The van der Waals surface area contributed by atoms with Gasteiger partial charge in [0.1, 0.15) is 12.3 Å². The Morgan fingerprint density at radius 1 is 0.920 bits per heavy atom. The lowest BCUT2D eigenvalue weighted by Gasteiger charge is -2.13. The Labute approximate surface area is 143 Å². The maximum Gasteiger partial charge on any atom is 0.259 e. The molecular formula is C20H16N2O3. The van der Waals surface area contributed by atoms with Crippen LogP contribution in [0.2, 0.25) is 0 Å². The number of carbonyl (C=O) groups is 1. The van der Waals surface area contributed by atoms with Crippen molar-refractivity contribution in [1.29, 1.82) is 0 Å². The molecule has 0 aliphatic heterocycles. The maximum atomic E-state index is 12.9. The van der Waals surface area contributed by atoms with Crippen LogP contribution in [0.3, 0.4) is 0 Å². The molecule has 0 bridgehead atoms. The summed E-state index contributed by atoms with van der Waals surface area (Å²) in [5, 5.41) is 5.25. The highest BCUT2D eigenvalue weighted by Gasteiger charge is 2.13. The second-order valence-corrected chi connectivity index (χ2v) is 5.81. The highest BCUT2D eigenvalue weighted by molar-refractivity contribution is 6.05. The summed E-state index contributed by atoms with van der Waals surface area (Å²) in [6.45, 7) is 0.261. The highest BCUT2D eigenvalue weighted by atomic mass is 16.3. The molecule has 2 heterocycles. The molecule has 0 fully saturated rings. The molecule has 0 saturated heterocycles. The smallest absolute Gasteiger partial charge is 0.259 e. The van der Waals surface area contributed by atoms with E-state index < -0.39 is 0 Å². The van der Waals surface area contributed by atoms with Gasteiger partial charge in [-0.25, -0.2) is 0 Å². The van der Waals surface area contributed by atoms with E-state index in [1.807, 2.05) is 42.5 Å². The van der Waals surface area contributed by atoms with Gasteiger partial charge in [-0.15, -0.1) is 0 Å². The molecule has 5 nitrogen and oxygen atoms in total. The number of rotatable bonds is 4. The summed E-state index contributed by atoms with van der Waals surface area (Å²) in [5.74, 6) is 0.433. The lowest BCUT2D eigenvalue weighted by molar-refractivity contribution is -0.121. The number of aromatic nitrogens is 1. The molecule has 0 saturated carbocycles. The predicted molar refractivity (Wildman–Crippen MR) is 96.3 cm³/mol. The van der Waals surface area contributed by atoms with Crippen LogP contribution in [0.5, 0.6) is 0 Å². The van der Waals surface area contributed by atoms with Crippen LogP contribution in [-0.2, 0) is 17.9 Å². The molecule has 1 N–H and O–H groups in total. The first kappa shape index (κ1) is 15.2. The summed E-state index contributed by atoms with van der Waals surface area (Å²) in [5.41, 5.74) is 0.585. The third-order valence-electron chi connectivity index (χ3n) is 4.23. The fraction of sp³-hybridized carbons (Fsp3) is 0.100. The second kappa shape index (κ2) is 6.28. The number of pyridine rings is 1. The number of fused-ring (bicyclic) bond motifs is 3. The van der Waals surface area contributed by atoms with Gasteiger partial charge in [0, 0.05) is 10.8 Å². The molecule has 0 aliphatic carbocycles. The summed E-state index contributed by atoms with van der Waals surface area (Å²) in [4.78, 5) is 25.2. The monoisotopic (exact) mass is 332 g/mol. The molecule has 4 aromatic rings. The molecule has 1 amide bonds. The topological polar surface area (TPSA) is 64.2 Å². The first-order valence-corrected chi connectivity index (χ1v) is 8.03. The lowest BCUT2D eigenvalue weighted by atomic mass is 10.1. The molecule has 0 aliphatic rings. The van der Waals surface area contributed by atoms with E-state index in [0.717, 1.165) is 16.3 Å². The number of para-hydroxylation sites is 1. The van der Waals surface area contributed by atoms with Gasteiger partial charge in [0.25, 0.3) is 5.56 Å². The minimum atomic E-state index is -0.237. The number of nitrogens with one attached hydrogen (secondary N) is 1. The second-order valence-electron chi connectivity index (χ2n) is 5.81. The molecule has 0 unspecified atom stereocenters. The Kier molecular flexibility index (Phi) is 3.82. The van der Waals surface area contributed by atoms with Crippen LogP contribution in [0.15, 0.2) is 76.1 Å². The maximum absolute atomic E-state index is 12.9. The zero-order valence-electron chi connectivity index (χ0n) is 13.4. The van der Waals surface area contributed by atoms with Crippen molar-refractivity contribution in [1.82, 2.24) is 9.88 Å². The third-order valence-corrected chi connectivity index (χ3v) is 4.23. The van der Waals surface area contributed by atoms with Crippen molar-refractivity contribution in [3.63, 3.8) is 0 Å². The van der Waals surface area contributed by atoms with Crippen LogP contribution in [0.1, 0.15) is 5.76 Å². The van der Waals surface area contributed by atoms with Crippen molar-refractivity contribution in [2.45, 2.75) is 13.1 Å². The van der Waals surface area contributed by atoms with Gasteiger partial charge in [0.05, 0.1) is 18.3 Å². The minimum absolute atomic E-state index is 0.0368. The SMILES string of the molecule is O=C(Cn1c(=O)c2ccccc2c2ccccc21)NCc1ccco1. The van der Waals surface area contributed by atoms with E-state index in [1.54, 1.807) is 24.5 Å². The van der Waals surface area contributed by atoms with Crippen LogP contribution in [0.4, 0.5) is 0 Å². The van der Waals surface area contributed by atoms with Crippen LogP contribution in [0.25, 0.3) is 21.7 Å². The third kappa shape index (κ3) is 2.80. The van der Waals surface area contributed by atoms with Crippen molar-refractivity contribution >= 4 is 27.6 Å². The van der Waals surface area contributed by atoms with Gasteiger partial charge in [-0.3, -0.25) is 14.2 Å². The van der Waals surface area contributed by atoms with E-state index in [0.29, 0.717) is 17.7 Å². The normalized spacial score (nSPS) is 11.0. The van der Waals surface area contributed by atoms with E-state index in [4.69, 9.17) is 4.42 Å². The first-order valence-electron chi connectivity index (χ1n) is 8.03. The molecule has 124 valence electrons. The molecule has 2 aromatic carbocycles. The van der Waals surface area contributed by atoms with Crippen molar-refractivity contribution in [3.8, 4) is 0 Å². The number of benzene rings is 2. The molecule has 4 rings (SSSR count). The summed E-state index contributed by atoms with van der Waals surface area (Å²) in [6.07, 6.45) is 1.56. The molecular weight excluding hydrogens is 316 g/mol. The summed E-state index contributed by atoms with van der Waals surface area (Å²) >= 11 is 0. The van der Waals surface area contributed by atoms with E-state index in [9.17, 15) is 9.59 Å². The zero-order chi connectivity index (χ0) is 17.2. The van der Waals surface area contributed by atoms with Gasteiger partial charge in [0.15, 0.2) is 0 Å². The zero-order valence-corrected chi connectivity index (χ0v) is 13.4. The number of hydrogen-bond acceptors (Lipinski definition) is 3. The van der Waals surface area contributed by atoms with Gasteiger partial charge in [-0.1, -0.05) is 36.4 Å². The van der Waals surface area contributed by atoms with Crippen molar-refractivity contribution in [3.05, 3.63) is 83.0 Å². The minimum Gasteiger partial charge on any atom is -0.467 e. The van der Waals surface area contributed by atoms with Gasteiger partial charge in [-0.2, -0.15) is 0 Å². The average molecular weight is 332 g/mol. The molecule has 0 atom stereocenters. The Morgan fingerprint density at radius 2 is 1.64 bits per heavy atom. The summed E-state index contributed by atoms with van der Waals surface area (Å²) < 4.78 is 6.73. The van der Waals surface area contributed by atoms with E-state index in [-0.39, 0.29) is 18.0 Å². The number of carbonyl (C=O) groups excluding carboxylic acids is 1. The Bertz CT molecular complexity index is 1110. The number of amides is 1. The van der Waals surface area contributed by atoms with Gasteiger partial charge >= 0.3 is 0 Å². The lowest BCUT2D eigenvalue weighted by Crippen LogP contribution is -2.32. The van der Waals surface area contributed by atoms with E-state index >= 15 is 0 Å². The molecule has 0 spiro atoms. The first-order chi connectivity index (χ1) is 12.2. The number of furan rings is 1. The fourth-order valence-corrected chi connectivity index (χ4v) is 3.05. The Hall–Kier alpha value is -3.34. The van der Waals surface area contributed by atoms with E-state index in [1.165, 1.54) is 4.57 Å². The largest absolute Gasteiger partial charge is 0.467 e. The highest BCUT2D eigenvalue weighted by Crippen LogP contribution is 2.22. The Morgan fingerprint density at radius 3 is 2.40 bits per heavy atom. The van der Waals surface area contributed by atoms with Crippen molar-refractivity contribution in [2.75, 3.05) is 0 Å². The van der Waals surface area contributed by atoms with Gasteiger partial charge in [0.2, 0.25) is 5.91 Å². The van der Waals surface area contributed by atoms with Crippen molar-refractivity contribution in [2.24, 2.45) is 0 Å². The van der Waals surface area contributed by atoms with Crippen LogP contribution in [0, 0.1) is 0 Å². The van der Waals surface area contributed by atoms with Crippen LogP contribution in [-0.4, -0.2) is 10.5 Å². The fourth-order valence-electron chi connectivity index (χ4n) is 3.05. The average Bonchev–Trinajstić information content (AvgIpc) is 3.17. The molecule has 5 heteroatoms. The van der Waals surface area contributed by atoms with Gasteiger partial charge in [-0.05, 0) is 29.7 Å². The predicted octanol–water partition coefficient (Wildman–Crippen LogP) is 3.06. The Balaban J connectivity index is 1.74. The summed E-state index contributed by atoms with van der Waals surface area (Å²) in [7, 11) is 0.